The highest BCUT2D eigenvalue weighted by molar-refractivity contribution is 14.1. The maximum absolute atomic E-state index is 14.1. The maximum atomic E-state index is 14.1. The topological polar surface area (TPSA) is 101 Å². The van der Waals surface area contributed by atoms with Crippen LogP contribution < -0.4 is 9.80 Å². The average Bonchev–Trinajstić information content (AvgIpc) is 3.64. The fourth-order valence-electron chi connectivity index (χ4n) is 8.18. The largest absolute Gasteiger partial charge is 0.748 e. The molecule has 1 fully saturated rings. The van der Waals surface area contributed by atoms with Crippen molar-refractivity contribution in [3.63, 3.8) is 0 Å². The molecule has 300 valence electrons. The highest BCUT2D eigenvalue weighted by atomic mass is 127. The zero-order valence-electron chi connectivity index (χ0n) is 33.8. The first-order chi connectivity index (χ1) is 25.5. The Morgan fingerprint density at radius 2 is 1.18 bits per heavy atom. The molecule has 3 aliphatic rings. The van der Waals surface area contributed by atoms with Crippen LogP contribution >= 0.6 is 45.2 Å². The Morgan fingerprint density at radius 3 is 1.58 bits per heavy atom. The summed E-state index contributed by atoms with van der Waals surface area (Å²) in [6.45, 7) is 17.9. The van der Waals surface area contributed by atoms with E-state index in [9.17, 15) is 21.4 Å². The van der Waals surface area contributed by atoms with Crippen LogP contribution in [0, 0.1) is 7.14 Å². The number of nitrogens with zero attached hydrogens (tertiary/aromatic N) is 3. The fraction of sp³-hybridized carbons (Fsp3) is 0.512. The van der Waals surface area contributed by atoms with Gasteiger partial charge >= 0.3 is 10.0 Å². The SMILES string of the molecule is CCCCCN1C(=CC=C2CC/C(=C\C=C3\N(CCCCS(=O)(=O)[O-])c4ccc(I)cc4C3(C)C)C2=[N+](C)S(=O)(=O)C(C)(C)C)C(C)(C)c2cc(I)ccc21. The van der Waals surface area contributed by atoms with Crippen LogP contribution in [0.4, 0.5) is 11.4 Å². The van der Waals surface area contributed by atoms with E-state index in [0.717, 1.165) is 57.6 Å². The van der Waals surface area contributed by atoms with Crippen molar-refractivity contribution in [2.75, 3.05) is 35.7 Å². The number of hydrogen-bond acceptors (Lipinski definition) is 7. The molecule has 0 N–H and O–H groups in total. The zero-order valence-corrected chi connectivity index (χ0v) is 39.7. The summed E-state index contributed by atoms with van der Waals surface area (Å²) in [6, 6.07) is 13.1. The van der Waals surface area contributed by atoms with Crippen molar-refractivity contribution in [1.29, 1.82) is 0 Å². The van der Waals surface area contributed by atoms with Crippen LogP contribution in [-0.4, -0.2) is 61.7 Å². The number of fused-ring (bicyclic) bond motifs is 2. The Morgan fingerprint density at radius 1 is 0.745 bits per heavy atom. The van der Waals surface area contributed by atoms with Crippen molar-refractivity contribution in [3.8, 4) is 0 Å². The van der Waals surface area contributed by atoms with Gasteiger partial charge in [-0.3, -0.25) is 0 Å². The third kappa shape index (κ3) is 9.18. The standard InChI is InChI=1S/C43H57I2N3O5S2/c1-10-11-12-25-47-36-21-19-32(44)28-34(36)42(5,6)38(47)23-17-30-15-16-31(40(30)46(9)55(52,53)41(2,3)4)18-24-39-43(7,8)35-29-33(45)20-22-37(35)48(39)26-13-14-27-54(49,50)51/h17-24,28-29H,10-16,25-27H2,1-9H3. The molecule has 0 aromatic heterocycles. The van der Waals surface area contributed by atoms with Crippen LogP contribution in [0.2, 0.25) is 0 Å². The number of rotatable bonds is 12. The van der Waals surface area contributed by atoms with Crippen LogP contribution in [0.15, 0.2) is 83.2 Å². The molecule has 0 bridgehead atoms. The number of benzene rings is 2. The number of anilines is 2. The van der Waals surface area contributed by atoms with Gasteiger partial charge in [-0.15, -0.1) is 3.98 Å². The monoisotopic (exact) mass is 1010 g/mol. The Labute approximate surface area is 358 Å². The maximum Gasteiger partial charge on any atom is 0.369 e. The zero-order chi connectivity index (χ0) is 40.7. The van der Waals surface area contributed by atoms with Crippen molar-refractivity contribution in [3.05, 3.63) is 102 Å². The quantitative estimate of drug-likeness (QED) is 0.0904. The first-order valence-electron chi connectivity index (χ1n) is 19.3. The minimum absolute atomic E-state index is 0.229. The number of hydrogen-bond donors (Lipinski definition) is 0. The summed E-state index contributed by atoms with van der Waals surface area (Å²) in [4.78, 5) is 4.70. The third-order valence-electron chi connectivity index (χ3n) is 11.3. The normalized spacial score (nSPS) is 22.0. The molecule has 0 unspecified atom stereocenters. The van der Waals surface area contributed by atoms with Gasteiger partial charge in [0, 0.05) is 70.7 Å². The number of unbranched alkanes of at least 4 members (excludes halogenated alkanes) is 3. The second kappa shape index (κ2) is 16.7. The van der Waals surface area contributed by atoms with Crippen LogP contribution in [0.5, 0.6) is 0 Å². The minimum atomic E-state index is -4.29. The van der Waals surface area contributed by atoms with Crippen LogP contribution in [0.25, 0.3) is 0 Å². The lowest BCUT2D eigenvalue weighted by atomic mass is 9.83. The van der Waals surface area contributed by atoms with Gasteiger partial charge in [-0.05, 0) is 158 Å². The van der Waals surface area contributed by atoms with Gasteiger partial charge in [0.15, 0.2) is 7.05 Å². The van der Waals surface area contributed by atoms with E-state index in [0.29, 0.717) is 25.8 Å². The van der Waals surface area contributed by atoms with E-state index in [2.05, 4.69) is 150 Å². The molecule has 5 rings (SSSR count). The van der Waals surface area contributed by atoms with Gasteiger partial charge < -0.3 is 14.4 Å². The predicted octanol–water partition coefficient (Wildman–Crippen LogP) is 9.93. The molecule has 2 heterocycles. The van der Waals surface area contributed by atoms with Gasteiger partial charge in [-0.25, -0.2) is 8.42 Å². The highest BCUT2D eigenvalue weighted by Crippen LogP contribution is 2.50. The van der Waals surface area contributed by atoms with Crippen molar-refractivity contribution in [2.45, 2.75) is 116 Å². The molecule has 2 aromatic carbocycles. The summed E-state index contributed by atoms with van der Waals surface area (Å²) >= 11 is 4.72. The second-order valence-corrected chi connectivity index (χ2v) is 23.7. The fourth-order valence-corrected chi connectivity index (χ4v) is 11.0. The summed E-state index contributed by atoms with van der Waals surface area (Å²) in [5.74, 6) is -0.385. The Balaban J connectivity index is 1.63. The first-order valence-corrected chi connectivity index (χ1v) is 24.5. The van der Waals surface area contributed by atoms with Gasteiger partial charge in [0.05, 0.1) is 10.1 Å². The summed E-state index contributed by atoms with van der Waals surface area (Å²) in [7, 11) is -6.33. The summed E-state index contributed by atoms with van der Waals surface area (Å²) in [5, 5.41) is 0. The van der Waals surface area contributed by atoms with Crippen LogP contribution in [0.3, 0.4) is 0 Å². The number of sulfonamides is 1. The molecule has 55 heavy (non-hydrogen) atoms. The molecule has 8 nitrogen and oxygen atoms in total. The predicted molar refractivity (Wildman–Crippen MR) is 244 cm³/mol. The van der Waals surface area contributed by atoms with Crippen molar-refractivity contribution >= 4 is 82.4 Å². The number of allylic oxidation sites excluding steroid dienone is 8. The average molecular weight is 1010 g/mol. The lowest BCUT2D eigenvalue weighted by Crippen LogP contribution is -2.38. The molecular formula is C43H57I2N3O5S2. The smallest absolute Gasteiger partial charge is 0.369 e. The number of halogens is 2. The van der Waals surface area contributed by atoms with Gasteiger partial charge in [0.2, 0.25) is 5.71 Å². The molecule has 1 saturated carbocycles. The summed E-state index contributed by atoms with van der Waals surface area (Å²) in [6.07, 6.45) is 14.2. The summed E-state index contributed by atoms with van der Waals surface area (Å²) < 4.78 is 65.2. The van der Waals surface area contributed by atoms with Crippen LogP contribution in [-0.2, 0) is 31.0 Å². The van der Waals surface area contributed by atoms with Gasteiger partial charge in [-0.1, -0.05) is 59.6 Å². The Hall–Kier alpha value is -2.01. The highest BCUT2D eigenvalue weighted by Gasteiger charge is 2.44. The Kier molecular flexibility index (Phi) is 13.4. The van der Waals surface area contributed by atoms with E-state index < -0.39 is 24.9 Å². The van der Waals surface area contributed by atoms with Crippen molar-refractivity contribution < 1.29 is 25.4 Å². The molecule has 1 aliphatic carbocycles. The lowest BCUT2D eigenvalue weighted by Gasteiger charge is -2.27. The molecule has 12 heteroatoms. The molecule has 0 spiro atoms. The van der Waals surface area contributed by atoms with Gasteiger partial charge in [0.1, 0.15) is 4.75 Å². The third-order valence-corrected chi connectivity index (χ3v) is 15.9. The molecule has 2 aromatic rings. The van der Waals surface area contributed by atoms with E-state index in [1.807, 2.05) is 0 Å². The molecule has 0 radical (unpaired) electrons. The van der Waals surface area contributed by atoms with E-state index in [1.165, 1.54) is 30.1 Å². The molecule has 2 aliphatic heterocycles. The van der Waals surface area contributed by atoms with E-state index in [1.54, 1.807) is 27.8 Å². The van der Waals surface area contributed by atoms with Crippen LogP contribution in [0.1, 0.15) is 111 Å². The van der Waals surface area contributed by atoms with E-state index in [4.69, 9.17) is 0 Å². The first kappa shape index (κ1) is 44.1. The Bertz CT molecular complexity index is 2210. The van der Waals surface area contributed by atoms with E-state index in [-0.39, 0.29) is 23.0 Å². The van der Waals surface area contributed by atoms with Crippen molar-refractivity contribution in [1.82, 2.24) is 0 Å². The molecule has 0 amide bonds. The molecular weight excluding hydrogens is 956 g/mol. The molecule has 0 atom stereocenters. The lowest BCUT2D eigenvalue weighted by molar-refractivity contribution is -0.328. The summed E-state index contributed by atoms with van der Waals surface area (Å²) in [5.41, 5.74) is 9.12. The van der Waals surface area contributed by atoms with Gasteiger partial charge in [0.25, 0.3) is 0 Å². The van der Waals surface area contributed by atoms with E-state index >= 15 is 0 Å². The second-order valence-electron chi connectivity index (χ2n) is 17.0. The minimum Gasteiger partial charge on any atom is -0.748 e. The van der Waals surface area contributed by atoms with Crippen molar-refractivity contribution in [2.24, 2.45) is 0 Å². The molecule has 0 saturated heterocycles. The van der Waals surface area contributed by atoms with Gasteiger partial charge in [-0.2, -0.15) is 8.42 Å².